The maximum atomic E-state index is 12.7. The molecule has 4 rings (SSSR count). The molecule has 0 saturated heterocycles. The van der Waals surface area contributed by atoms with Crippen LogP contribution in [0.3, 0.4) is 0 Å². The molecule has 6 nitrogen and oxygen atoms in total. The van der Waals surface area contributed by atoms with E-state index in [0.717, 1.165) is 37.5 Å². The highest BCUT2D eigenvalue weighted by atomic mass is 16.5. The summed E-state index contributed by atoms with van der Waals surface area (Å²) in [6.07, 6.45) is 9.99. The van der Waals surface area contributed by atoms with Crippen LogP contribution >= 0.6 is 0 Å². The zero-order valence-electron chi connectivity index (χ0n) is 22.8. The highest BCUT2D eigenvalue weighted by Gasteiger charge is 2.61. The number of hydrogen-bond acceptors (Lipinski definition) is 5. The molecule has 0 unspecified atom stereocenters. The molecule has 0 heterocycles. The van der Waals surface area contributed by atoms with Crippen molar-refractivity contribution in [2.24, 2.45) is 52.1 Å². The van der Waals surface area contributed by atoms with Gasteiger partial charge in [-0.2, -0.15) is 0 Å². The van der Waals surface area contributed by atoms with Gasteiger partial charge in [0.05, 0.1) is 6.04 Å². The first-order chi connectivity index (χ1) is 16.4. The van der Waals surface area contributed by atoms with Crippen LogP contribution in [0, 0.1) is 46.3 Å². The molecular formula is C29H48N2O4. The summed E-state index contributed by atoms with van der Waals surface area (Å²) in [6.45, 7) is 12.2. The Labute approximate surface area is 211 Å². The van der Waals surface area contributed by atoms with Crippen LogP contribution in [0.25, 0.3) is 0 Å². The number of ether oxygens (including phenoxy) is 1. The van der Waals surface area contributed by atoms with E-state index in [4.69, 9.17) is 10.5 Å². The highest BCUT2D eigenvalue weighted by molar-refractivity contribution is 5.87. The van der Waals surface area contributed by atoms with E-state index in [1.54, 1.807) is 13.8 Å². The van der Waals surface area contributed by atoms with Gasteiger partial charge in [-0.05, 0) is 112 Å². The summed E-state index contributed by atoms with van der Waals surface area (Å²) in [7, 11) is 0. The fraction of sp³-hybridized carbons (Fsp3) is 0.897. The molecule has 0 aliphatic heterocycles. The number of nitrogens with two attached hydrogens (primary N) is 1. The van der Waals surface area contributed by atoms with Crippen LogP contribution in [0.4, 0.5) is 0 Å². The van der Waals surface area contributed by atoms with E-state index < -0.39 is 12.1 Å². The molecule has 4 aliphatic carbocycles. The van der Waals surface area contributed by atoms with E-state index in [0.29, 0.717) is 23.0 Å². The van der Waals surface area contributed by atoms with Crippen molar-refractivity contribution in [2.45, 2.75) is 118 Å². The third kappa shape index (κ3) is 4.69. The maximum Gasteiger partial charge on any atom is 0.328 e. The van der Waals surface area contributed by atoms with Crippen molar-refractivity contribution in [3.05, 3.63) is 0 Å². The van der Waals surface area contributed by atoms with Crippen LogP contribution < -0.4 is 11.1 Å². The number of carbonyl (C=O) groups excluding carboxylic acids is 3. The molecule has 6 heteroatoms. The monoisotopic (exact) mass is 488 g/mol. The second kappa shape index (κ2) is 9.79. The first-order valence-electron chi connectivity index (χ1n) is 14.2. The molecule has 0 spiro atoms. The summed E-state index contributed by atoms with van der Waals surface area (Å²) < 4.78 is 5.92. The average molecular weight is 489 g/mol. The Balaban J connectivity index is 1.36. The predicted molar refractivity (Wildman–Crippen MR) is 136 cm³/mol. The second-order valence-electron chi connectivity index (χ2n) is 13.3. The van der Waals surface area contributed by atoms with Crippen LogP contribution in [0.15, 0.2) is 0 Å². The van der Waals surface area contributed by atoms with Crippen molar-refractivity contribution in [1.82, 2.24) is 5.32 Å². The fourth-order valence-corrected chi connectivity index (χ4v) is 8.93. The molecule has 3 N–H and O–H groups in total. The normalized spacial score (nSPS) is 42.3. The largest absolute Gasteiger partial charge is 0.461 e. The number of hydrogen-bond donors (Lipinski definition) is 2. The first kappa shape index (κ1) is 26.6. The van der Waals surface area contributed by atoms with Gasteiger partial charge in [0.15, 0.2) is 0 Å². The number of amides is 1. The predicted octanol–water partition coefficient (Wildman–Crippen LogP) is 4.63. The first-order valence-corrected chi connectivity index (χ1v) is 14.2. The molecule has 4 aliphatic rings. The Hall–Kier alpha value is -1.43. The van der Waals surface area contributed by atoms with Gasteiger partial charge in [-0.15, -0.1) is 0 Å². The lowest BCUT2D eigenvalue weighted by Crippen LogP contribution is -2.55. The molecule has 0 aromatic heterocycles. The lowest BCUT2D eigenvalue weighted by Gasteiger charge is -2.61. The van der Waals surface area contributed by atoms with Crippen LogP contribution in [0.2, 0.25) is 0 Å². The van der Waals surface area contributed by atoms with E-state index >= 15 is 0 Å². The number of Topliss-reactive ketones (excluding diaryl/α,β-unsaturated/α-hetero) is 1. The van der Waals surface area contributed by atoms with Crippen molar-refractivity contribution in [3.63, 3.8) is 0 Å². The Morgan fingerprint density at radius 2 is 1.57 bits per heavy atom. The Morgan fingerprint density at radius 1 is 0.914 bits per heavy atom. The van der Waals surface area contributed by atoms with E-state index in [1.165, 1.54) is 32.1 Å². The molecule has 4 fully saturated rings. The van der Waals surface area contributed by atoms with Crippen molar-refractivity contribution in [2.75, 3.05) is 0 Å². The van der Waals surface area contributed by atoms with Gasteiger partial charge in [-0.1, -0.05) is 27.7 Å². The molecule has 35 heavy (non-hydrogen) atoms. The van der Waals surface area contributed by atoms with E-state index in [1.807, 2.05) is 13.8 Å². The molecule has 0 bridgehead atoms. The number of carbonyl (C=O) groups is 3. The molecule has 10 atom stereocenters. The van der Waals surface area contributed by atoms with Crippen LogP contribution in [-0.4, -0.2) is 35.8 Å². The van der Waals surface area contributed by atoms with Gasteiger partial charge < -0.3 is 15.8 Å². The van der Waals surface area contributed by atoms with Gasteiger partial charge in [0, 0.05) is 5.92 Å². The maximum absolute atomic E-state index is 12.7. The topological polar surface area (TPSA) is 98.5 Å². The number of ketones is 1. The van der Waals surface area contributed by atoms with Gasteiger partial charge in [-0.25, -0.2) is 4.79 Å². The Kier molecular flexibility index (Phi) is 7.45. The second-order valence-corrected chi connectivity index (χ2v) is 13.3. The smallest absolute Gasteiger partial charge is 0.328 e. The summed E-state index contributed by atoms with van der Waals surface area (Å²) in [5, 5.41) is 2.73. The SMILES string of the molecule is CC(=O)[C@H]1CC[C@H]2[C@@H]3CC[C@H]4C[C@H](OC(=O)[C@H](C)NC(=O)[C@@H](N)C(C)C)CC[C@]4(C)[C@H]3CC[C@]12C. The van der Waals surface area contributed by atoms with E-state index in [9.17, 15) is 14.4 Å². The van der Waals surface area contributed by atoms with Crippen molar-refractivity contribution >= 4 is 17.7 Å². The van der Waals surface area contributed by atoms with Crippen LogP contribution in [0.1, 0.15) is 99.3 Å². The lowest BCUT2D eigenvalue weighted by molar-refractivity contribution is -0.165. The van der Waals surface area contributed by atoms with Crippen molar-refractivity contribution < 1.29 is 19.1 Å². The molecule has 0 radical (unpaired) electrons. The average Bonchev–Trinajstić information content (AvgIpc) is 3.16. The minimum absolute atomic E-state index is 0.0135. The van der Waals surface area contributed by atoms with E-state index in [-0.39, 0.29) is 35.2 Å². The standard InChI is InChI=1S/C29H48N2O4/c1-16(2)25(30)26(33)31-17(3)27(34)35-20-11-13-28(5)19(15-20)7-8-21-23-10-9-22(18(4)32)29(23,6)14-12-24(21)28/h16-17,19-25H,7-15,30H2,1-6H3,(H,31,33)/t17-,19-,20+,21-,22+,23-,24-,25-,28-,29+/m0/s1. The molecule has 0 aromatic rings. The molecular weight excluding hydrogens is 440 g/mol. The van der Waals surface area contributed by atoms with Gasteiger partial charge >= 0.3 is 5.97 Å². The third-order valence-corrected chi connectivity index (χ3v) is 11.1. The minimum atomic E-state index is -0.691. The molecule has 1 amide bonds. The van der Waals surface area contributed by atoms with Gasteiger partial charge in [0.1, 0.15) is 17.9 Å². The number of esters is 1. The summed E-state index contributed by atoms with van der Waals surface area (Å²) in [6, 6.07) is -1.32. The van der Waals surface area contributed by atoms with Crippen LogP contribution in [-0.2, 0) is 19.1 Å². The summed E-state index contributed by atoms with van der Waals surface area (Å²) in [4.78, 5) is 37.4. The molecule has 198 valence electrons. The quantitative estimate of drug-likeness (QED) is 0.531. The fourth-order valence-electron chi connectivity index (χ4n) is 8.93. The molecule has 0 aromatic carbocycles. The van der Waals surface area contributed by atoms with Crippen LogP contribution in [0.5, 0.6) is 0 Å². The van der Waals surface area contributed by atoms with Gasteiger partial charge in [0.25, 0.3) is 0 Å². The number of rotatable bonds is 6. The highest BCUT2D eigenvalue weighted by Crippen LogP contribution is 2.67. The van der Waals surface area contributed by atoms with E-state index in [2.05, 4.69) is 19.2 Å². The Bertz CT molecular complexity index is 843. The number of fused-ring (bicyclic) bond motifs is 5. The molecule has 4 saturated carbocycles. The van der Waals surface area contributed by atoms with Gasteiger partial charge in [0.2, 0.25) is 5.91 Å². The third-order valence-electron chi connectivity index (χ3n) is 11.1. The Morgan fingerprint density at radius 3 is 2.23 bits per heavy atom. The zero-order chi connectivity index (χ0) is 25.7. The van der Waals surface area contributed by atoms with Crippen molar-refractivity contribution in [1.29, 1.82) is 0 Å². The summed E-state index contributed by atoms with van der Waals surface area (Å²) in [5.41, 5.74) is 6.41. The lowest BCUT2D eigenvalue weighted by atomic mass is 9.44. The minimum Gasteiger partial charge on any atom is -0.461 e. The summed E-state index contributed by atoms with van der Waals surface area (Å²) >= 11 is 0. The van der Waals surface area contributed by atoms with Crippen molar-refractivity contribution in [3.8, 4) is 0 Å². The summed E-state index contributed by atoms with van der Waals surface area (Å²) in [5.74, 6) is 2.72. The number of nitrogens with one attached hydrogen (secondary N) is 1. The van der Waals surface area contributed by atoms with Gasteiger partial charge in [-0.3, -0.25) is 9.59 Å². The zero-order valence-corrected chi connectivity index (χ0v) is 22.8.